The van der Waals surface area contributed by atoms with E-state index in [1.165, 1.54) is 15.4 Å². The molecule has 0 unspecified atom stereocenters. The second kappa shape index (κ2) is 7.31. The number of hydrogen-bond acceptors (Lipinski definition) is 4. The molecule has 4 heteroatoms. The van der Waals surface area contributed by atoms with Gasteiger partial charge in [0.15, 0.2) is 0 Å². The molecular formula is C13H18O2S2. The monoisotopic (exact) mass is 270 g/mol. The zero-order valence-corrected chi connectivity index (χ0v) is 11.7. The van der Waals surface area contributed by atoms with E-state index in [1.807, 2.05) is 23.5 Å². The predicted molar refractivity (Wildman–Crippen MR) is 74.3 cm³/mol. The van der Waals surface area contributed by atoms with Crippen molar-refractivity contribution in [3.05, 3.63) is 23.8 Å². The van der Waals surface area contributed by atoms with Crippen LogP contribution in [0.5, 0.6) is 0 Å². The fraction of sp³-hybridized carbons (Fsp3) is 0.538. The molecule has 0 amide bonds. The summed E-state index contributed by atoms with van der Waals surface area (Å²) in [5.74, 6) is 2.02. The third-order valence-electron chi connectivity index (χ3n) is 2.44. The van der Waals surface area contributed by atoms with E-state index in [0.717, 1.165) is 24.7 Å². The SMILES string of the molecule is Cc1ccc2c(c1)SCCOCCOCCS2. The van der Waals surface area contributed by atoms with Gasteiger partial charge in [-0.3, -0.25) is 0 Å². The average Bonchev–Trinajstić information content (AvgIpc) is 2.31. The summed E-state index contributed by atoms with van der Waals surface area (Å²) in [5.41, 5.74) is 1.32. The van der Waals surface area contributed by atoms with Crippen molar-refractivity contribution < 1.29 is 9.47 Å². The highest BCUT2D eigenvalue weighted by Gasteiger charge is 2.05. The lowest BCUT2D eigenvalue weighted by Gasteiger charge is -2.12. The van der Waals surface area contributed by atoms with E-state index in [4.69, 9.17) is 9.47 Å². The molecule has 94 valence electrons. The normalized spacial score (nSPS) is 18.9. The fourth-order valence-electron chi connectivity index (χ4n) is 1.59. The second-order valence-electron chi connectivity index (χ2n) is 3.87. The number of aryl methyl sites for hydroxylation is 1. The molecule has 0 saturated carbocycles. The summed E-state index contributed by atoms with van der Waals surface area (Å²) < 4.78 is 11.0. The molecule has 17 heavy (non-hydrogen) atoms. The molecule has 0 spiro atoms. The van der Waals surface area contributed by atoms with Gasteiger partial charge in [-0.15, -0.1) is 23.5 Å². The summed E-state index contributed by atoms with van der Waals surface area (Å²) in [6.07, 6.45) is 0. The Labute approximate surface area is 111 Å². The molecule has 0 saturated heterocycles. The largest absolute Gasteiger partial charge is 0.378 e. The number of rotatable bonds is 0. The lowest BCUT2D eigenvalue weighted by atomic mass is 10.2. The minimum Gasteiger partial charge on any atom is -0.378 e. The van der Waals surface area contributed by atoms with Crippen molar-refractivity contribution in [1.29, 1.82) is 0 Å². The summed E-state index contributed by atoms with van der Waals surface area (Å²) in [5, 5.41) is 0. The molecule has 1 aliphatic rings. The van der Waals surface area contributed by atoms with Gasteiger partial charge in [-0.1, -0.05) is 6.07 Å². The van der Waals surface area contributed by atoms with Crippen molar-refractivity contribution in [3.63, 3.8) is 0 Å². The van der Waals surface area contributed by atoms with E-state index in [9.17, 15) is 0 Å². The first kappa shape index (κ1) is 13.3. The number of hydrogen-bond donors (Lipinski definition) is 0. The fourth-order valence-corrected chi connectivity index (χ4v) is 3.63. The van der Waals surface area contributed by atoms with E-state index in [1.54, 1.807) is 0 Å². The van der Waals surface area contributed by atoms with Gasteiger partial charge in [0.2, 0.25) is 0 Å². The van der Waals surface area contributed by atoms with Crippen molar-refractivity contribution in [3.8, 4) is 0 Å². The van der Waals surface area contributed by atoms with Crippen LogP contribution >= 0.6 is 23.5 Å². The Morgan fingerprint density at radius 3 is 2.24 bits per heavy atom. The lowest BCUT2D eigenvalue weighted by Crippen LogP contribution is -2.09. The molecule has 0 atom stereocenters. The van der Waals surface area contributed by atoms with Crippen molar-refractivity contribution in [2.24, 2.45) is 0 Å². The Hall–Kier alpha value is -0.160. The molecule has 1 aliphatic heterocycles. The van der Waals surface area contributed by atoms with Crippen LogP contribution in [0, 0.1) is 6.92 Å². The Bertz CT molecular complexity index is 355. The van der Waals surface area contributed by atoms with Crippen LogP contribution in [-0.4, -0.2) is 37.9 Å². The third kappa shape index (κ3) is 4.54. The van der Waals surface area contributed by atoms with Crippen LogP contribution in [0.25, 0.3) is 0 Å². The molecular weight excluding hydrogens is 252 g/mol. The van der Waals surface area contributed by atoms with Gasteiger partial charge in [0.1, 0.15) is 0 Å². The Morgan fingerprint density at radius 1 is 0.882 bits per heavy atom. The van der Waals surface area contributed by atoms with Crippen molar-refractivity contribution >= 4 is 23.5 Å². The molecule has 1 heterocycles. The molecule has 2 nitrogen and oxygen atoms in total. The summed E-state index contributed by atoms with van der Waals surface area (Å²) >= 11 is 3.77. The molecule has 0 N–H and O–H groups in total. The van der Waals surface area contributed by atoms with Gasteiger partial charge in [-0.05, 0) is 24.6 Å². The van der Waals surface area contributed by atoms with E-state index in [2.05, 4.69) is 25.1 Å². The molecule has 0 radical (unpaired) electrons. The Balaban J connectivity index is 2.05. The summed E-state index contributed by atoms with van der Waals surface area (Å²) in [6, 6.07) is 6.66. The highest BCUT2D eigenvalue weighted by Crippen LogP contribution is 2.31. The van der Waals surface area contributed by atoms with Crippen LogP contribution in [0.4, 0.5) is 0 Å². The topological polar surface area (TPSA) is 18.5 Å². The molecule has 1 aromatic rings. The maximum absolute atomic E-state index is 5.50. The molecule has 0 aliphatic carbocycles. The van der Waals surface area contributed by atoms with Gasteiger partial charge in [0, 0.05) is 21.3 Å². The highest BCUT2D eigenvalue weighted by atomic mass is 32.2. The third-order valence-corrected chi connectivity index (χ3v) is 4.63. The molecule has 0 bridgehead atoms. The van der Waals surface area contributed by atoms with Gasteiger partial charge in [-0.2, -0.15) is 0 Å². The molecule has 1 aromatic carbocycles. The molecule has 0 aromatic heterocycles. The van der Waals surface area contributed by atoms with Crippen LogP contribution in [0.1, 0.15) is 5.56 Å². The van der Waals surface area contributed by atoms with E-state index in [-0.39, 0.29) is 0 Å². The molecule has 0 fully saturated rings. The smallest absolute Gasteiger partial charge is 0.0700 e. The summed E-state index contributed by atoms with van der Waals surface area (Å²) in [7, 11) is 0. The maximum Gasteiger partial charge on any atom is 0.0700 e. The maximum atomic E-state index is 5.50. The predicted octanol–water partition coefficient (Wildman–Crippen LogP) is 3.23. The number of ether oxygens (including phenoxy) is 2. The highest BCUT2D eigenvalue weighted by molar-refractivity contribution is 8.02. The molecule has 2 rings (SSSR count). The summed E-state index contributed by atoms with van der Waals surface area (Å²) in [6.45, 7) is 5.16. The number of fused-ring (bicyclic) bond motifs is 1. The zero-order chi connectivity index (χ0) is 11.9. The standard InChI is InChI=1S/C13H18O2S2/c1-11-2-3-12-13(10-11)17-9-7-15-5-4-14-6-8-16-12/h2-3,10H,4-9H2,1H3. The first-order chi connectivity index (χ1) is 8.36. The van der Waals surface area contributed by atoms with Crippen LogP contribution in [-0.2, 0) is 9.47 Å². The van der Waals surface area contributed by atoms with Crippen molar-refractivity contribution in [1.82, 2.24) is 0 Å². The van der Waals surface area contributed by atoms with Gasteiger partial charge in [-0.25, -0.2) is 0 Å². The van der Waals surface area contributed by atoms with Crippen molar-refractivity contribution in [2.75, 3.05) is 37.9 Å². The first-order valence-electron chi connectivity index (χ1n) is 5.88. The van der Waals surface area contributed by atoms with Crippen LogP contribution in [0.15, 0.2) is 28.0 Å². The van der Waals surface area contributed by atoms with Crippen LogP contribution in [0.3, 0.4) is 0 Å². The zero-order valence-electron chi connectivity index (χ0n) is 10.1. The van der Waals surface area contributed by atoms with Gasteiger partial charge in [0.25, 0.3) is 0 Å². The quantitative estimate of drug-likeness (QED) is 0.720. The lowest BCUT2D eigenvalue weighted by molar-refractivity contribution is 0.0604. The van der Waals surface area contributed by atoms with Crippen LogP contribution in [0.2, 0.25) is 0 Å². The van der Waals surface area contributed by atoms with Gasteiger partial charge >= 0.3 is 0 Å². The van der Waals surface area contributed by atoms with E-state index < -0.39 is 0 Å². The Kier molecular flexibility index (Phi) is 5.71. The van der Waals surface area contributed by atoms with Crippen LogP contribution < -0.4 is 0 Å². The number of thioether (sulfide) groups is 2. The van der Waals surface area contributed by atoms with Crippen molar-refractivity contribution in [2.45, 2.75) is 16.7 Å². The average molecular weight is 270 g/mol. The van der Waals surface area contributed by atoms with Gasteiger partial charge < -0.3 is 9.47 Å². The summed E-state index contributed by atoms with van der Waals surface area (Å²) in [4.78, 5) is 2.74. The minimum absolute atomic E-state index is 0.714. The Morgan fingerprint density at radius 2 is 1.53 bits per heavy atom. The minimum atomic E-state index is 0.714. The van der Waals surface area contributed by atoms with E-state index in [0.29, 0.717) is 13.2 Å². The number of benzene rings is 1. The van der Waals surface area contributed by atoms with E-state index >= 15 is 0 Å². The van der Waals surface area contributed by atoms with Gasteiger partial charge in [0.05, 0.1) is 26.4 Å². The first-order valence-corrected chi connectivity index (χ1v) is 7.85. The second-order valence-corrected chi connectivity index (χ2v) is 6.15.